The zero-order valence-electron chi connectivity index (χ0n) is 19.9. The van der Waals surface area contributed by atoms with Gasteiger partial charge in [-0.2, -0.15) is 0 Å². The number of carbonyl (C=O) groups is 3. The summed E-state index contributed by atoms with van der Waals surface area (Å²) in [5.74, 6) is 0.109. The number of benzene rings is 2. The van der Waals surface area contributed by atoms with Gasteiger partial charge in [0.05, 0.1) is 29.7 Å². The molecule has 1 N–H and O–H groups in total. The molecule has 0 spiro atoms. The molecule has 2 aromatic rings. The van der Waals surface area contributed by atoms with Gasteiger partial charge in [0.2, 0.25) is 5.91 Å². The number of amides is 3. The summed E-state index contributed by atoms with van der Waals surface area (Å²) >= 11 is 0. The highest BCUT2D eigenvalue weighted by Crippen LogP contribution is 2.26. The maximum Gasteiger partial charge on any atom is 0.318 e. The number of hydrogen-bond acceptors (Lipinski definition) is 5. The van der Waals surface area contributed by atoms with Crippen LogP contribution < -0.4 is 10.1 Å². The molecule has 9 heteroatoms. The van der Waals surface area contributed by atoms with E-state index >= 15 is 0 Å². The first kappa shape index (κ1) is 24.9. The van der Waals surface area contributed by atoms with Gasteiger partial charge >= 0.3 is 6.03 Å². The van der Waals surface area contributed by atoms with E-state index in [9.17, 15) is 18.6 Å². The minimum atomic E-state index is -1.50. The minimum absolute atomic E-state index is 0.146. The van der Waals surface area contributed by atoms with Crippen LogP contribution in [0.3, 0.4) is 0 Å². The Balaban J connectivity index is 1.36. The van der Waals surface area contributed by atoms with Gasteiger partial charge in [-0.15, -0.1) is 0 Å². The van der Waals surface area contributed by atoms with Crippen molar-refractivity contribution in [3.8, 4) is 5.75 Å². The summed E-state index contributed by atoms with van der Waals surface area (Å²) in [4.78, 5) is 43.1. The van der Waals surface area contributed by atoms with Gasteiger partial charge in [-0.3, -0.25) is 13.8 Å². The summed E-state index contributed by atoms with van der Waals surface area (Å²) in [6.07, 6.45) is 2.58. The van der Waals surface area contributed by atoms with E-state index in [1.165, 1.54) is 0 Å². The monoisotopic (exact) mass is 497 g/mol. The molecule has 8 nitrogen and oxygen atoms in total. The third-order valence-electron chi connectivity index (χ3n) is 6.59. The van der Waals surface area contributed by atoms with Crippen molar-refractivity contribution in [1.82, 2.24) is 15.1 Å². The number of likely N-dealkylation sites (tertiary alicyclic amines) is 2. The molecule has 0 radical (unpaired) electrons. The van der Waals surface area contributed by atoms with E-state index in [4.69, 9.17) is 4.74 Å². The van der Waals surface area contributed by atoms with Crippen LogP contribution in [0.2, 0.25) is 0 Å². The number of ketones is 1. The number of methoxy groups -OCH3 is 1. The number of hydrogen-bond donors (Lipinski definition) is 1. The van der Waals surface area contributed by atoms with Crippen molar-refractivity contribution >= 4 is 28.5 Å². The van der Waals surface area contributed by atoms with Crippen molar-refractivity contribution in [2.75, 3.05) is 26.0 Å². The first-order chi connectivity index (χ1) is 17.0. The molecule has 3 amide bonds. The SMILES string of the molecule is COc1ccc([S@@](=O)CC(=O)[C@@H]2CCCN2C(=O)[C@@H]2CCCN2C(=O)NCc2ccccc2)cc1. The maximum absolute atomic E-state index is 13.4. The molecule has 4 rings (SSSR count). The highest BCUT2D eigenvalue weighted by Gasteiger charge is 2.42. The van der Waals surface area contributed by atoms with Crippen molar-refractivity contribution in [2.45, 2.75) is 49.2 Å². The molecule has 2 aliphatic heterocycles. The second-order valence-corrected chi connectivity index (χ2v) is 10.3. The van der Waals surface area contributed by atoms with Gasteiger partial charge in [-0.05, 0) is 55.5 Å². The smallest absolute Gasteiger partial charge is 0.318 e. The summed E-state index contributed by atoms with van der Waals surface area (Å²) in [6.45, 7) is 1.37. The zero-order chi connectivity index (χ0) is 24.8. The number of Topliss-reactive ketones (excluding diaryl/α,β-unsaturated/α-hetero) is 1. The topological polar surface area (TPSA) is 96.0 Å². The van der Waals surface area contributed by atoms with Crippen LogP contribution in [0, 0.1) is 0 Å². The third-order valence-corrected chi connectivity index (χ3v) is 7.93. The predicted molar refractivity (Wildman–Crippen MR) is 132 cm³/mol. The fraction of sp³-hybridized carbons (Fsp3) is 0.423. The van der Waals surface area contributed by atoms with Gasteiger partial charge in [0.1, 0.15) is 11.8 Å². The Kier molecular flexibility index (Phi) is 8.17. The van der Waals surface area contributed by atoms with Crippen LogP contribution in [0.4, 0.5) is 4.79 Å². The Morgan fingerprint density at radius 2 is 1.60 bits per heavy atom. The molecule has 0 bridgehead atoms. The van der Waals surface area contributed by atoms with Crippen LogP contribution in [0.5, 0.6) is 5.75 Å². The second kappa shape index (κ2) is 11.5. The number of urea groups is 1. The normalized spacial score (nSPS) is 20.5. The van der Waals surface area contributed by atoms with Crippen LogP contribution in [0.1, 0.15) is 31.2 Å². The quantitative estimate of drug-likeness (QED) is 0.605. The average molecular weight is 498 g/mol. The van der Waals surface area contributed by atoms with Gasteiger partial charge in [0, 0.05) is 24.5 Å². The molecule has 0 aliphatic carbocycles. The summed E-state index contributed by atoms with van der Waals surface area (Å²) in [5.41, 5.74) is 0.984. The number of nitrogens with one attached hydrogen (secondary N) is 1. The van der Waals surface area contributed by atoms with Crippen LogP contribution in [-0.2, 0) is 26.9 Å². The van der Waals surface area contributed by atoms with Gasteiger partial charge in [0.25, 0.3) is 0 Å². The molecule has 2 fully saturated rings. The highest BCUT2D eigenvalue weighted by atomic mass is 32.2. The first-order valence-electron chi connectivity index (χ1n) is 11.9. The van der Waals surface area contributed by atoms with Crippen LogP contribution in [0.25, 0.3) is 0 Å². The molecule has 186 valence electrons. The Morgan fingerprint density at radius 1 is 0.943 bits per heavy atom. The van der Waals surface area contributed by atoms with Crippen molar-refractivity contribution in [3.05, 3.63) is 60.2 Å². The summed E-state index contributed by atoms with van der Waals surface area (Å²) in [5, 5.41) is 2.90. The van der Waals surface area contributed by atoms with Gasteiger partial charge in [-0.1, -0.05) is 30.3 Å². The van der Waals surface area contributed by atoms with Crippen LogP contribution in [-0.4, -0.2) is 69.8 Å². The minimum Gasteiger partial charge on any atom is -0.497 e. The van der Waals surface area contributed by atoms with Crippen LogP contribution in [0.15, 0.2) is 59.5 Å². The molecule has 0 unspecified atom stereocenters. The Morgan fingerprint density at radius 3 is 2.29 bits per heavy atom. The standard InChI is InChI=1S/C26H31N3O5S/c1-34-20-11-13-21(14-12-20)35(33)18-24(30)22-9-5-15-28(22)25(31)23-10-6-16-29(23)26(32)27-17-19-7-3-2-4-8-19/h2-4,7-8,11-14,22-23H,5-6,9-10,15-18H2,1H3,(H,27,32)/t22-,23-,35-/m0/s1. The molecule has 0 aromatic heterocycles. The van der Waals surface area contributed by atoms with Gasteiger partial charge in [-0.25, -0.2) is 4.79 Å². The zero-order valence-corrected chi connectivity index (χ0v) is 20.7. The van der Waals surface area contributed by atoms with Crippen LogP contribution >= 0.6 is 0 Å². The van der Waals surface area contributed by atoms with Crippen molar-refractivity contribution < 1.29 is 23.3 Å². The lowest BCUT2D eigenvalue weighted by atomic mass is 10.1. The molecular weight excluding hydrogens is 466 g/mol. The first-order valence-corrected chi connectivity index (χ1v) is 13.2. The fourth-order valence-electron chi connectivity index (χ4n) is 4.73. The molecule has 35 heavy (non-hydrogen) atoms. The third kappa shape index (κ3) is 5.90. The highest BCUT2D eigenvalue weighted by molar-refractivity contribution is 7.85. The molecule has 2 aromatic carbocycles. The second-order valence-electron chi connectivity index (χ2n) is 8.82. The summed E-state index contributed by atoms with van der Waals surface area (Å²) < 4.78 is 17.9. The lowest BCUT2D eigenvalue weighted by Gasteiger charge is -2.31. The van der Waals surface area contributed by atoms with Crippen molar-refractivity contribution in [1.29, 1.82) is 0 Å². The fourth-order valence-corrected chi connectivity index (χ4v) is 5.79. The molecular formula is C26H31N3O5S. The lowest BCUT2D eigenvalue weighted by molar-refractivity contribution is -0.139. The van der Waals surface area contributed by atoms with E-state index in [2.05, 4.69) is 5.32 Å². The van der Waals surface area contributed by atoms with Gasteiger partial charge < -0.3 is 19.9 Å². The van der Waals surface area contributed by atoms with E-state index in [-0.39, 0.29) is 23.5 Å². The predicted octanol–water partition coefficient (Wildman–Crippen LogP) is 2.74. The molecule has 2 saturated heterocycles. The summed E-state index contributed by atoms with van der Waals surface area (Å²) in [7, 11) is 0.0524. The lowest BCUT2D eigenvalue weighted by Crippen LogP contribution is -2.53. The van der Waals surface area contributed by atoms with E-state index in [0.717, 1.165) is 12.0 Å². The van der Waals surface area contributed by atoms with Crippen molar-refractivity contribution in [2.24, 2.45) is 0 Å². The Bertz CT molecular complexity index is 1080. The average Bonchev–Trinajstić information content (AvgIpc) is 3.58. The number of carbonyl (C=O) groups excluding carboxylic acids is 3. The summed E-state index contributed by atoms with van der Waals surface area (Å²) in [6, 6.07) is 15.0. The van der Waals surface area contributed by atoms with Gasteiger partial charge in [0.15, 0.2) is 5.78 Å². The van der Waals surface area contributed by atoms with E-state index in [1.807, 2.05) is 30.3 Å². The molecule has 2 aliphatic rings. The van der Waals surface area contributed by atoms with E-state index in [0.29, 0.717) is 49.5 Å². The number of nitrogens with zero attached hydrogens (tertiary/aromatic N) is 2. The van der Waals surface area contributed by atoms with Crippen molar-refractivity contribution in [3.63, 3.8) is 0 Å². The molecule has 0 saturated carbocycles. The Labute approximate surface area is 208 Å². The molecule has 3 atom stereocenters. The maximum atomic E-state index is 13.4. The van der Waals surface area contributed by atoms with E-state index < -0.39 is 22.9 Å². The number of ether oxygens (including phenoxy) is 1. The largest absolute Gasteiger partial charge is 0.497 e. The number of rotatable bonds is 8. The molecule has 2 heterocycles. The Hall–Kier alpha value is -3.20. The van der Waals surface area contributed by atoms with E-state index in [1.54, 1.807) is 41.2 Å².